The highest BCUT2D eigenvalue weighted by molar-refractivity contribution is 5.52. The number of benzene rings is 1. The lowest BCUT2D eigenvalue weighted by Crippen LogP contribution is -2.21. The third-order valence-corrected chi connectivity index (χ3v) is 2.12. The number of anilines is 1. The minimum atomic E-state index is 0.524. The first-order valence-electron chi connectivity index (χ1n) is 4.70. The minimum Gasteiger partial charge on any atom is -0.418 e. The van der Waals surface area contributed by atoms with Gasteiger partial charge in [-0.3, -0.25) is 0 Å². The highest BCUT2D eigenvalue weighted by Gasteiger charge is 2.01. The van der Waals surface area contributed by atoms with Crippen molar-refractivity contribution in [2.24, 2.45) is 0 Å². The first-order chi connectivity index (χ1) is 6.81. The Balaban J connectivity index is 2.76. The van der Waals surface area contributed by atoms with Gasteiger partial charge >= 0.3 is 6.47 Å². The summed E-state index contributed by atoms with van der Waals surface area (Å²) >= 11 is 0. The molecule has 0 saturated heterocycles. The molecule has 1 rings (SSSR count). The molecule has 0 atom stereocenters. The topological polar surface area (TPSA) is 29.5 Å². The quantitative estimate of drug-likeness (QED) is 0.714. The molecule has 0 aliphatic heterocycles. The van der Waals surface area contributed by atoms with E-state index in [1.54, 1.807) is 12.1 Å². The molecule has 0 spiro atoms. The van der Waals surface area contributed by atoms with Gasteiger partial charge in [-0.05, 0) is 38.1 Å². The summed E-state index contributed by atoms with van der Waals surface area (Å²) in [5, 5.41) is 0. The molecular weight excluding hydrogens is 178 g/mol. The lowest BCUT2D eigenvalue weighted by Gasteiger charge is -2.20. The molecule has 0 amide bonds. The standard InChI is InChI=1S/C11H14NO2/c1-3-12(4-2)10-5-7-11(8-6-10)14-9-13/h5-8H,3-4H2,1-2H3. The van der Waals surface area contributed by atoms with Crippen molar-refractivity contribution in [3.05, 3.63) is 24.3 Å². The van der Waals surface area contributed by atoms with Gasteiger partial charge in [0.15, 0.2) is 0 Å². The van der Waals surface area contributed by atoms with E-state index in [9.17, 15) is 4.79 Å². The average molecular weight is 192 g/mol. The molecular formula is C11H14NO2. The summed E-state index contributed by atoms with van der Waals surface area (Å²) in [7, 11) is 0. The van der Waals surface area contributed by atoms with Gasteiger partial charge in [0, 0.05) is 18.8 Å². The SMILES string of the molecule is CCN(CC)c1ccc(O[C]=O)cc1. The van der Waals surface area contributed by atoms with E-state index in [4.69, 9.17) is 0 Å². The van der Waals surface area contributed by atoms with Crippen LogP contribution < -0.4 is 9.64 Å². The molecule has 0 aliphatic rings. The molecule has 0 fully saturated rings. The number of ether oxygens (including phenoxy) is 1. The van der Waals surface area contributed by atoms with Gasteiger partial charge in [0.25, 0.3) is 0 Å². The van der Waals surface area contributed by atoms with E-state index in [-0.39, 0.29) is 0 Å². The largest absolute Gasteiger partial charge is 0.423 e. The van der Waals surface area contributed by atoms with Crippen molar-refractivity contribution < 1.29 is 9.53 Å². The summed E-state index contributed by atoms with van der Waals surface area (Å²) < 4.78 is 4.58. The van der Waals surface area contributed by atoms with Gasteiger partial charge in [-0.15, -0.1) is 0 Å². The second-order valence-corrected chi connectivity index (χ2v) is 2.85. The second kappa shape index (κ2) is 5.27. The third-order valence-electron chi connectivity index (χ3n) is 2.12. The maximum absolute atomic E-state index is 9.95. The summed E-state index contributed by atoms with van der Waals surface area (Å²) in [5.74, 6) is 0.524. The summed E-state index contributed by atoms with van der Waals surface area (Å²) in [5.41, 5.74) is 1.13. The Morgan fingerprint density at radius 3 is 2.21 bits per heavy atom. The van der Waals surface area contributed by atoms with Crippen LogP contribution in [0.3, 0.4) is 0 Å². The Labute approximate surface area is 84.3 Å². The van der Waals surface area contributed by atoms with Crippen LogP contribution in [0.25, 0.3) is 0 Å². The van der Waals surface area contributed by atoms with Crippen LogP contribution in [0.1, 0.15) is 13.8 Å². The van der Waals surface area contributed by atoms with Crippen LogP contribution in [0.4, 0.5) is 5.69 Å². The summed E-state index contributed by atoms with van der Waals surface area (Å²) in [6, 6.07) is 7.39. The van der Waals surface area contributed by atoms with E-state index in [0.717, 1.165) is 18.8 Å². The van der Waals surface area contributed by atoms with Crippen molar-refractivity contribution >= 4 is 12.2 Å². The van der Waals surface area contributed by atoms with Crippen molar-refractivity contribution in [2.45, 2.75) is 13.8 Å². The molecule has 0 N–H and O–H groups in total. The van der Waals surface area contributed by atoms with E-state index in [1.165, 1.54) is 6.47 Å². The summed E-state index contributed by atoms with van der Waals surface area (Å²) in [6.45, 7) is 7.54. The van der Waals surface area contributed by atoms with E-state index >= 15 is 0 Å². The molecule has 0 aliphatic carbocycles. The van der Waals surface area contributed by atoms with E-state index in [2.05, 4.69) is 23.5 Å². The number of nitrogens with zero attached hydrogens (tertiary/aromatic N) is 1. The van der Waals surface area contributed by atoms with Crippen molar-refractivity contribution in [2.75, 3.05) is 18.0 Å². The second-order valence-electron chi connectivity index (χ2n) is 2.85. The van der Waals surface area contributed by atoms with Gasteiger partial charge in [-0.1, -0.05) is 0 Å². The summed E-state index contributed by atoms with van der Waals surface area (Å²) in [4.78, 5) is 12.2. The Kier molecular flexibility index (Phi) is 3.98. The van der Waals surface area contributed by atoms with Crippen LogP contribution in [0, 0.1) is 0 Å². The fourth-order valence-corrected chi connectivity index (χ4v) is 1.36. The zero-order valence-corrected chi connectivity index (χ0v) is 8.49. The Morgan fingerprint density at radius 2 is 1.79 bits per heavy atom. The maximum atomic E-state index is 9.95. The fourth-order valence-electron chi connectivity index (χ4n) is 1.36. The Bertz CT molecular complexity index is 278. The predicted molar refractivity (Wildman–Crippen MR) is 56.3 cm³/mol. The average Bonchev–Trinajstić information content (AvgIpc) is 2.23. The smallest absolute Gasteiger partial charge is 0.418 e. The van der Waals surface area contributed by atoms with Crippen LogP contribution in [0.15, 0.2) is 24.3 Å². The molecule has 0 saturated carbocycles. The minimum absolute atomic E-state index is 0.524. The van der Waals surface area contributed by atoms with Crippen LogP contribution in [0.2, 0.25) is 0 Å². The van der Waals surface area contributed by atoms with Crippen LogP contribution in [-0.4, -0.2) is 19.6 Å². The number of hydrogen-bond donors (Lipinski definition) is 0. The molecule has 1 radical (unpaired) electrons. The maximum Gasteiger partial charge on any atom is 0.423 e. The Hall–Kier alpha value is -1.51. The van der Waals surface area contributed by atoms with Crippen LogP contribution in [-0.2, 0) is 4.79 Å². The lowest BCUT2D eigenvalue weighted by atomic mass is 10.2. The van der Waals surface area contributed by atoms with Crippen molar-refractivity contribution in [1.29, 1.82) is 0 Å². The van der Waals surface area contributed by atoms with Gasteiger partial charge in [-0.25, -0.2) is 4.79 Å². The molecule has 3 nitrogen and oxygen atoms in total. The van der Waals surface area contributed by atoms with Crippen LogP contribution in [0.5, 0.6) is 5.75 Å². The van der Waals surface area contributed by atoms with Crippen molar-refractivity contribution in [3.8, 4) is 5.75 Å². The molecule has 0 bridgehead atoms. The number of carbonyl (C=O) groups excluding carboxylic acids is 1. The van der Waals surface area contributed by atoms with Gasteiger partial charge in [0.1, 0.15) is 5.75 Å². The Morgan fingerprint density at radius 1 is 1.21 bits per heavy atom. The first kappa shape index (κ1) is 10.6. The number of rotatable bonds is 5. The van der Waals surface area contributed by atoms with Gasteiger partial charge in [-0.2, -0.15) is 0 Å². The normalized spacial score (nSPS) is 9.57. The van der Waals surface area contributed by atoms with E-state index in [1.807, 2.05) is 12.1 Å². The molecule has 1 aromatic carbocycles. The van der Waals surface area contributed by atoms with Gasteiger partial charge in [0.2, 0.25) is 0 Å². The van der Waals surface area contributed by atoms with E-state index < -0.39 is 0 Å². The first-order valence-corrected chi connectivity index (χ1v) is 4.70. The van der Waals surface area contributed by atoms with Crippen molar-refractivity contribution in [3.63, 3.8) is 0 Å². The third kappa shape index (κ3) is 2.49. The fraction of sp³-hybridized carbons (Fsp3) is 0.364. The number of hydrogen-bond acceptors (Lipinski definition) is 3. The molecule has 0 aromatic heterocycles. The molecule has 3 heteroatoms. The zero-order chi connectivity index (χ0) is 10.4. The van der Waals surface area contributed by atoms with Crippen molar-refractivity contribution in [1.82, 2.24) is 0 Å². The predicted octanol–water partition coefficient (Wildman–Crippen LogP) is 1.98. The van der Waals surface area contributed by atoms with Crippen LogP contribution >= 0.6 is 0 Å². The molecule has 0 unspecified atom stereocenters. The zero-order valence-electron chi connectivity index (χ0n) is 8.49. The molecule has 14 heavy (non-hydrogen) atoms. The monoisotopic (exact) mass is 192 g/mol. The van der Waals surface area contributed by atoms with Gasteiger partial charge < -0.3 is 9.64 Å². The summed E-state index contributed by atoms with van der Waals surface area (Å²) in [6.07, 6.45) is 0. The van der Waals surface area contributed by atoms with E-state index in [0.29, 0.717) is 5.75 Å². The lowest BCUT2D eigenvalue weighted by molar-refractivity contribution is 0.442. The highest BCUT2D eigenvalue weighted by Crippen LogP contribution is 2.18. The highest BCUT2D eigenvalue weighted by atomic mass is 16.5. The molecule has 75 valence electrons. The molecule has 0 heterocycles. The van der Waals surface area contributed by atoms with Gasteiger partial charge in [0.05, 0.1) is 0 Å². The molecule has 1 aromatic rings.